The summed E-state index contributed by atoms with van der Waals surface area (Å²) in [6.07, 6.45) is 0. The van der Waals surface area contributed by atoms with E-state index >= 15 is 0 Å². The number of nitrogens with one attached hydrogen (secondary N) is 1. The number of urea groups is 1. The monoisotopic (exact) mass is 219 g/mol. The topological polar surface area (TPSA) is 75.4 Å². The van der Waals surface area contributed by atoms with Crippen molar-refractivity contribution in [2.24, 2.45) is 5.73 Å². The molecule has 1 aromatic rings. The third-order valence-electron chi connectivity index (χ3n) is 2.50. The molecule has 1 aliphatic rings. The van der Waals surface area contributed by atoms with Crippen molar-refractivity contribution in [3.8, 4) is 0 Å². The largest absolute Gasteiger partial charge is 0.326 e. The zero-order valence-electron chi connectivity index (χ0n) is 8.77. The van der Waals surface area contributed by atoms with Crippen molar-refractivity contribution in [1.29, 1.82) is 0 Å². The van der Waals surface area contributed by atoms with Gasteiger partial charge in [-0.25, -0.2) is 4.79 Å². The molecule has 0 radical (unpaired) electrons. The highest BCUT2D eigenvalue weighted by atomic mass is 16.2. The summed E-state index contributed by atoms with van der Waals surface area (Å²) in [5.74, 6) is -0.247. The smallest absolute Gasteiger partial charge is 0.324 e. The molecule has 0 spiro atoms. The second kappa shape index (κ2) is 4.32. The SMILES string of the molecule is NCc1ccc(CN2CC(=O)NC2=O)cc1. The van der Waals surface area contributed by atoms with E-state index in [1.54, 1.807) is 0 Å². The van der Waals surface area contributed by atoms with Crippen molar-refractivity contribution >= 4 is 11.9 Å². The number of nitrogens with zero attached hydrogens (tertiary/aromatic N) is 1. The third-order valence-corrected chi connectivity index (χ3v) is 2.50. The highest BCUT2D eigenvalue weighted by molar-refractivity contribution is 6.01. The molecule has 1 aromatic carbocycles. The van der Waals surface area contributed by atoms with Crippen LogP contribution in [-0.2, 0) is 17.9 Å². The molecule has 1 fully saturated rings. The molecule has 2 rings (SSSR count). The molecule has 1 heterocycles. The number of imide groups is 1. The Balaban J connectivity index is 2.03. The first-order chi connectivity index (χ1) is 7.69. The van der Waals surface area contributed by atoms with Crippen molar-refractivity contribution in [2.75, 3.05) is 6.54 Å². The van der Waals surface area contributed by atoms with Crippen molar-refractivity contribution in [3.63, 3.8) is 0 Å². The van der Waals surface area contributed by atoms with Gasteiger partial charge in [0.15, 0.2) is 0 Å². The van der Waals surface area contributed by atoms with Gasteiger partial charge in [-0.2, -0.15) is 0 Å². The van der Waals surface area contributed by atoms with Gasteiger partial charge in [0.25, 0.3) is 0 Å². The van der Waals surface area contributed by atoms with Crippen molar-refractivity contribution < 1.29 is 9.59 Å². The number of hydrogen-bond donors (Lipinski definition) is 2. The average Bonchev–Trinajstić information content (AvgIpc) is 2.59. The van der Waals surface area contributed by atoms with Crippen LogP contribution in [0.5, 0.6) is 0 Å². The minimum atomic E-state index is -0.326. The molecule has 0 bridgehead atoms. The van der Waals surface area contributed by atoms with E-state index in [4.69, 9.17) is 5.73 Å². The molecule has 0 saturated carbocycles. The van der Waals surface area contributed by atoms with Crippen LogP contribution in [0, 0.1) is 0 Å². The van der Waals surface area contributed by atoms with Gasteiger partial charge in [-0.3, -0.25) is 10.1 Å². The molecule has 5 heteroatoms. The molecule has 0 aliphatic carbocycles. The summed E-state index contributed by atoms with van der Waals surface area (Å²) in [6.45, 7) is 1.09. The van der Waals surface area contributed by atoms with Gasteiger partial charge in [-0.05, 0) is 11.1 Å². The molecule has 1 saturated heterocycles. The zero-order valence-corrected chi connectivity index (χ0v) is 8.77. The number of benzene rings is 1. The minimum absolute atomic E-state index is 0.136. The van der Waals surface area contributed by atoms with E-state index in [1.807, 2.05) is 24.3 Å². The Morgan fingerprint density at radius 1 is 1.19 bits per heavy atom. The summed E-state index contributed by atoms with van der Waals surface area (Å²) in [5.41, 5.74) is 7.52. The minimum Gasteiger partial charge on any atom is -0.326 e. The lowest BCUT2D eigenvalue weighted by Gasteiger charge is -2.13. The Morgan fingerprint density at radius 3 is 2.31 bits per heavy atom. The molecule has 3 amide bonds. The molecule has 0 unspecified atom stereocenters. The molecular formula is C11H13N3O2. The van der Waals surface area contributed by atoms with Crippen LogP contribution >= 0.6 is 0 Å². The Morgan fingerprint density at radius 2 is 1.81 bits per heavy atom. The van der Waals surface area contributed by atoms with E-state index in [2.05, 4.69) is 5.32 Å². The lowest BCUT2D eigenvalue weighted by Crippen LogP contribution is -2.27. The summed E-state index contributed by atoms with van der Waals surface area (Å²) in [6, 6.07) is 7.35. The first kappa shape index (κ1) is 10.6. The standard InChI is InChI=1S/C11H13N3O2/c12-5-8-1-3-9(4-2-8)6-14-7-10(15)13-11(14)16/h1-4H,5-7,12H2,(H,13,15,16). The highest BCUT2D eigenvalue weighted by Gasteiger charge is 2.26. The molecule has 0 atom stereocenters. The van der Waals surface area contributed by atoms with E-state index in [0.717, 1.165) is 11.1 Å². The van der Waals surface area contributed by atoms with Crippen molar-refractivity contribution in [2.45, 2.75) is 13.1 Å². The van der Waals surface area contributed by atoms with E-state index in [-0.39, 0.29) is 18.5 Å². The molecule has 3 N–H and O–H groups in total. The number of carbonyl (C=O) groups is 2. The fourth-order valence-corrected chi connectivity index (χ4v) is 1.61. The number of hydrogen-bond acceptors (Lipinski definition) is 3. The van der Waals surface area contributed by atoms with E-state index in [9.17, 15) is 9.59 Å². The second-order valence-electron chi connectivity index (χ2n) is 3.73. The first-order valence-electron chi connectivity index (χ1n) is 5.05. The average molecular weight is 219 g/mol. The normalized spacial score (nSPS) is 15.4. The Labute approximate surface area is 93.2 Å². The molecule has 5 nitrogen and oxygen atoms in total. The Kier molecular flexibility index (Phi) is 2.87. The van der Waals surface area contributed by atoms with E-state index < -0.39 is 0 Å². The molecule has 0 aromatic heterocycles. The fourth-order valence-electron chi connectivity index (χ4n) is 1.61. The quantitative estimate of drug-likeness (QED) is 0.713. The predicted molar refractivity (Wildman–Crippen MR) is 58.3 cm³/mol. The lowest BCUT2D eigenvalue weighted by atomic mass is 10.1. The number of carbonyl (C=O) groups excluding carboxylic acids is 2. The Bertz CT molecular complexity index is 414. The van der Waals surface area contributed by atoms with Crippen LogP contribution in [0.25, 0.3) is 0 Å². The molecular weight excluding hydrogens is 206 g/mol. The van der Waals surface area contributed by atoms with Gasteiger partial charge in [-0.15, -0.1) is 0 Å². The maximum absolute atomic E-state index is 11.3. The van der Waals surface area contributed by atoms with Crippen LogP contribution in [0.1, 0.15) is 11.1 Å². The van der Waals surface area contributed by atoms with Crippen LogP contribution in [0.3, 0.4) is 0 Å². The van der Waals surface area contributed by atoms with Crippen LogP contribution in [0.15, 0.2) is 24.3 Å². The van der Waals surface area contributed by atoms with Gasteiger partial charge in [0, 0.05) is 13.1 Å². The maximum Gasteiger partial charge on any atom is 0.324 e. The lowest BCUT2D eigenvalue weighted by molar-refractivity contribution is -0.118. The van der Waals surface area contributed by atoms with Gasteiger partial charge < -0.3 is 10.6 Å². The first-order valence-corrected chi connectivity index (χ1v) is 5.05. The summed E-state index contributed by atoms with van der Waals surface area (Å²) in [7, 11) is 0. The second-order valence-corrected chi connectivity index (χ2v) is 3.73. The van der Waals surface area contributed by atoms with Crippen molar-refractivity contribution in [1.82, 2.24) is 10.2 Å². The van der Waals surface area contributed by atoms with Gasteiger partial charge in [0.1, 0.15) is 6.54 Å². The van der Waals surface area contributed by atoms with Gasteiger partial charge in [-0.1, -0.05) is 24.3 Å². The van der Waals surface area contributed by atoms with E-state index in [0.29, 0.717) is 13.1 Å². The predicted octanol–water partition coefficient (Wildman–Crippen LogP) is 0.197. The summed E-state index contributed by atoms with van der Waals surface area (Å²) in [5, 5.41) is 2.24. The van der Waals surface area contributed by atoms with E-state index in [1.165, 1.54) is 4.90 Å². The van der Waals surface area contributed by atoms with Gasteiger partial charge >= 0.3 is 6.03 Å². The highest BCUT2D eigenvalue weighted by Crippen LogP contribution is 2.09. The van der Waals surface area contributed by atoms with Gasteiger partial charge in [0.2, 0.25) is 5.91 Å². The summed E-state index contributed by atoms with van der Waals surface area (Å²) >= 11 is 0. The number of rotatable bonds is 3. The maximum atomic E-state index is 11.3. The molecule has 84 valence electrons. The molecule has 1 aliphatic heterocycles. The summed E-state index contributed by atoms with van der Waals surface area (Å²) < 4.78 is 0. The molecule has 16 heavy (non-hydrogen) atoms. The zero-order chi connectivity index (χ0) is 11.5. The summed E-state index contributed by atoms with van der Waals surface area (Å²) in [4.78, 5) is 23.7. The third kappa shape index (κ3) is 2.20. The van der Waals surface area contributed by atoms with Gasteiger partial charge in [0.05, 0.1) is 0 Å². The van der Waals surface area contributed by atoms with Crippen LogP contribution < -0.4 is 11.1 Å². The van der Waals surface area contributed by atoms with Crippen molar-refractivity contribution in [3.05, 3.63) is 35.4 Å². The number of nitrogens with two attached hydrogens (primary N) is 1. The van der Waals surface area contributed by atoms with Crippen LogP contribution in [0.4, 0.5) is 4.79 Å². The van der Waals surface area contributed by atoms with Crippen LogP contribution in [-0.4, -0.2) is 23.4 Å². The number of amides is 3. The fraction of sp³-hybridized carbons (Fsp3) is 0.273. The Hall–Kier alpha value is -1.88. The van der Waals surface area contributed by atoms with Crippen LogP contribution in [0.2, 0.25) is 0 Å².